The average Bonchev–Trinajstić information content (AvgIpc) is 2.38. The van der Waals surface area contributed by atoms with Crippen LogP contribution in [-0.2, 0) is 14.8 Å². The number of benzene rings is 1. The molecule has 0 amide bonds. The number of sulfonamides is 1. The summed E-state index contributed by atoms with van der Waals surface area (Å²) in [6.45, 7) is -0.500. The summed E-state index contributed by atoms with van der Waals surface area (Å²) in [4.78, 5) is 20.3. The van der Waals surface area contributed by atoms with Crippen molar-refractivity contribution >= 4 is 21.7 Å². The van der Waals surface area contributed by atoms with Crippen LogP contribution in [0.4, 0.5) is 5.69 Å². The number of aliphatic carboxylic acids is 1. The summed E-state index contributed by atoms with van der Waals surface area (Å²) in [5.74, 6) is -1.43. The molecule has 0 saturated heterocycles. The van der Waals surface area contributed by atoms with E-state index < -0.39 is 33.6 Å². The molecule has 0 bridgehead atoms. The molecule has 10 heteroatoms. The second kappa shape index (κ2) is 6.41. The largest absolute Gasteiger partial charge is 0.480 e. The molecule has 20 heavy (non-hydrogen) atoms. The van der Waals surface area contributed by atoms with Crippen LogP contribution in [0.15, 0.2) is 29.2 Å². The molecule has 0 aromatic heterocycles. The summed E-state index contributed by atoms with van der Waals surface area (Å²) < 4.78 is 25.7. The van der Waals surface area contributed by atoms with E-state index in [0.29, 0.717) is 0 Å². The second-order valence-electron chi connectivity index (χ2n) is 3.78. The Labute approximate surface area is 114 Å². The van der Waals surface area contributed by atoms with Crippen molar-refractivity contribution in [2.75, 3.05) is 6.61 Å². The number of carboxylic acid groups (broad SMARTS) is 1. The molecule has 1 atom stereocenters. The van der Waals surface area contributed by atoms with Gasteiger partial charge in [0.15, 0.2) is 0 Å². The Kier molecular flexibility index (Phi) is 5.13. The maximum atomic E-state index is 11.9. The van der Waals surface area contributed by atoms with Gasteiger partial charge in [-0.25, -0.2) is 8.42 Å². The first-order valence-electron chi connectivity index (χ1n) is 5.38. The predicted molar refractivity (Wildman–Crippen MR) is 66.5 cm³/mol. The highest BCUT2D eigenvalue weighted by atomic mass is 32.2. The van der Waals surface area contributed by atoms with Crippen LogP contribution in [0.3, 0.4) is 0 Å². The number of nitro benzene ring substituents is 1. The second-order valence-corrected chi connectivity index (χ2v) is 5.49. The molecule has 0 saturated carbocycles. The fourth-order valence-corrected chi connectivity index (χ4v) is 2.59. The van der Waals surface area contributed by atoms with Crippen LogP contribution in [0.2, 0.25) is 0 Å². The Morgan fingerprint density at radius 3 is 2.30 bits per heavy atom. The molecule has 0 spiro atoms. The lowest BCUT2D eigenvalue weighted by atomic mass is 10.2. The molecule has 1 unspecified atom stereocenters. The van der Waals surface area contributed by atoms with Crippen molar-refractivity contribution in [1.82, 2.24) is 4.72 Å². The Hall–Kier alpha value is -2.04. The Morgan fingerprint density at radius 1 is 1.35 bits per heavy atom. The van der Waals surface area contributed by atoms with E-state index in [2.05, 4.69) is 0 Å². The Balaban J connectivity index is 2.98. The van der Waals surface area contributed by atoms with E-state index in [9.17, 15) is 23.3 Å². The van der Waals surface area contributed by atoms with Gasteiger partial charge in [0.1, 0.15) is 6.04 Å². The van der Waals surface area contributed by atoms with Gasteiger partial charge in [-0.3, -0.25) is 14.9 Å². The minimum Gasteiger partial charge on any atom is -0.480 e. The third kappa shape index (κ3) is 3.98. The predicted octanol–water partition coefficient (Wildman–Crippen LogP) is -0.291. The zero-order valence-corrected chi connectivity index (χ0v) is 10.9. The van der Waals surface area contributed by atoms with Gasteiger partial charge in [-0.15, -0.1) is 0 Å². The van der Waals surface area contributed by atoms with Crippen molar-refractivity contribution in [1.29, 1.82) is 0 Å². The van der Waals surface area contributed by atoms with E-state index >= 15 is 0 Å². The number of hydrogen-bond acceptors (Lipinski definition) is 6. The summed E-state index contributed by atoms with van der Waals surface area (Å²) >= 11 is 0. The maximum Gasteiger partial charge on any atom is 0.321 e. The number of carbonyl (C=O) groups is 1. The van der Waals surface area contributed by atoms with Crippen molar-refractivity contribution in [2.24, 2.45) is 0 Å². The first kappa shape index (κ1) is 16.0. The zero-order valence-electron chi connectivity index (χ0n) is 10.1. The highest BCUT2D eigenvalue weighted by molar-refractivity contribution is 7.89. The lowest BCUT2D eigenvalue weighted by Crippen LogP contribution is -2.41. The summed E-state index contributed by atoms with van der Waals surface area (Å²) in [6.07, 6.45) is -0.290. The van der Waals surface area contributed by atoms with Crippen LogP contribution in [-0.4, -0.2) is 42.2 Å². The number of non-ortho nitro benzene ring substituents is 1. The number of hydrogen-bond donors (Lipinski definition) is 3. The molecule has 0 aliphatic heterocycles. The number of nitrogens with zero attached hydrogens (tertiary/aromatic N) is 1. The van der Waals surface area contributed by atoms with Crippen LogP contribution in [0.25, 0.3) is 0 Å². The zero-order chi connectivity index (χ0) is 15.3. The Bertz CT molecular complexity index is 597. The molecule has 0 aliphatic rings. The van der Waals surface area contributed by atoms with Crippen LogP contribution in [0, 0.1) is 10.1 Å². The topological polar surface area (TPSA) is 147 Å². The first-order chi connectivity index (χ1) is 9.27. The number of rotatable bonds is 7. The van der Waals surface area contributed by atoms with Gasteiger partial charge < -0.3 is 10.2 Å². The number of nitro groups is 1. The molecule has 1 rings (SSSR count). The van der Waals surface area contributed by atoms with Crippen LogP contribution in [0.5, 0.6) is 0 Å². The number of nitrogens with one attached hydrogen (secondary N) is 1. The molecule has 3 N–H and O–H groups in total. The van der Waals surface area contributed by atoms with Crippen LogP contribution < -0.4 is 4.72 Å². The summed E-state index contributed by atoms with van der Waals surface area (Å²) in [5, 5.41) is 27.9. The van der Waals surface area contributed by atoms with E-state index in [1.165, 1.54) is 0 Å². The molecule has 0 heterocycles. The minimum absolute atomic E-state index is 0.283. The van der Waals surface area contributed by atoms with E-state index in [4.69, 9.17) is 10.2 Å². The van der Waals surface area contributed by atoms with Crippen molar-refractivity contribution in [3.63, 3.8) is 0 Å². The molecular weight excluding hydrogens is 292 g/mol. The normalized spacial score (nSPS) is 12.8. The molecule has 0 radical (unpaired) electrons. The molecule has 0 fully saturated rings. The quantitative estimate of drug-likeness (QED) is 0.463. The lowest BCUT2D eigenvalue weighted by molar-refractivity contribution is -0.384. The first-order valence-corrected chi connectivity index (χ1v) is 6.86. The van der Waals surface area contributed by atoms with Crippen molar-refractivity contribution in [3.8, 4) is 0 Å². The summed E-state index contributed by atoms with van der Waals surface area (Å²) in [6, 6.07) is 2.52. The van der Waals surface area contributed by atoms with E-state index in [0.717, 1.165) is 24.3 Å². The van der Waals surface area contributed by atoms with Crippen molar-refractivity contribution < 1.29 is 28.3 Å². The number of aliphatic hydroxyl groups excluding tert-OH is 1. The van der Waals surface area contributed by atoms with Crippen LogP contribution in [0.1, 0.15) is 6.42 Å². The van der Waals surface area contributed by atoms with Gasteiger partial charge in [-0.05, 0) is 18.6 Å². The molecule has 9 nitrogen and oxygen atoms in total. The third-order valence-electron chi connectivity index (χ3n) is 2.37. The fraction of sp³-hybridized carbons (Fsp3) is 0.300. The van der Waals surface area contributed by atoms with Gasteiger partial charge in [0.05, 0.1) is 9.82 Å². The SMILES string of the molecule is O=C(O)C(CCO)NS(=O)(=O)c1ccc([N+](=O)[O-])cc1. The van der Waals surface area contributed by atoms with Gasteiger partial charge in [0.2, 0.25) is 10.0 Å². The minimum atomic E-state index is -4.13. The smallest absolute Gasteiger partial charge is 0.321 e. The van der Waals surface area contributed by atoms with Gasteiger partial charge in [-0.2, -0.15) is 4.72 Å². The summed E-state index contributed by atoms with van der Waals surface area (Å²) in [5.41, 5.74) is -0.283. The highest BCUT2D eigenvalue weighted by Gasteiger charge is 2.25. The van der Waals surface area contributed by atoms with E-state index in [1.807, 2.05) is 4.72 Å². The Morgan fingerprint density at radius 2 is 1.90 bits per heavy atom. The number of carboxylic acids is 1. The molecule has 0 aliphatic carbocycles. The van der Waals surface area contributed by atoms with Crippen molar-refractivity contribution in [3.05, 3.63) is 34.4 Å². The van der Waals surface area contributed by atoms with Crippen LogP contribution >= 0.6 is 0 Å². The highest BCUT2D eigenvalue weighted by Crippen LogP contribution is 2.16. The van der Waals surface area contributed by atoms with Gasteiger partial charge in [-0.1, -0.05) is 0 Å². The molecular formula is C10H12N2O7S. The third-order valence-corrected chi connectivity index (χ3v) is 3.86. The fourth-order valence-electron chi connectivity index (χ4n) is 1.36. The maximum absolute atomic E-state index is 11.9. The molecule has 110 valence electrons. The molecule has 1 aromatic carbocycles. The van der Waals surface area contributed by atoms with Gasteiger partial charge in [0.25, 0.3) is 5.69 Å². The average molecular weight is 304 g/mol. The van der Waals surface area contributed by atoms with E-state index in [-0.39, 0.29) is 17.0 Å². The van der Waals surface area contributed by atoms with E-state index in [1.54, 1.807) is 0 Å². The standard InChI is InChI=1S/C10H12N2O7S/c13-6-5-9(10(14)15)11-20(18,19)8-3-1-7(2-4-8)12(16)17/h1-4,9,11,13H,5-6H2,(H,14,15). The van der Waals surface area contributed by atoms with Gasteiger partial charge >= 0.3 is 5.97 Å². The summed E-state index contributed by atoms with van der Waals surface area (Å²) in [7, 11) is -4.13. The molecule has 1 aromatic rings. The number of aliphatic hydroxyl groups is 1. The lowest BCUT2D eigenvalue weighted by Gasteiger charge is -2.13. The monoisotopic (exact) mass is 304 g/mol. The van der Waals surface area contributed by atoms with Crippen molar-refractivity contribution in [2.45, 2.75) is 17.4 Å². The van der Waals surface area contributed by atoms with Gasteiger partial charge in [0, 0.05) is 18.7 Å².